The number of allylic oxidation sites excluding steroid dienone is 2. The Morgan fingerprint density at radius 1 is 1.47 bits per heavy atom. The molecule has 0 saturated heterocycles. The van der Waals surface area contributed by atoms with Crippen molar-refractivity contribution in [2.75, 3.05) is 11.9 Å². The molecule has 0 saturated carbocycles. The fourth-order valence-corrected chi connectivity index (χ4v) is 2.08. The second kappa shape index (κ2) is 4.35. The predicted molar refractivity (Wildman–Crippen MR) is 66.2 cm³/mol. The van der Waals surface area contributed by atoms with Crippen molar-refractivity contribution in [1.29, 1.82) is 0 Å². The monoisotopic (exact) mass is 199 g/mol. The zero-order valence-electron chi connectivity index (χ0n) is 9.00. The van der Waals surface area contributed by atoms with Gasteiger partial charge in [-0.3, -0.25) is 0 Å². The quantitative estimate of drug-likeness (QED) is 0.729. The second-order valence-electron chi connectivity index (χ2n) is 4.07. The van der Waals surface area contributed by atoms with Crippen LogP contribution in [0.3, 0.4) is 0 Å². The van der Waals surface area contributed by atoms with Crippen LogP contribution >= 0.6 is 0 Å². The predicted octanol–water partition coefficient (Wildman–Crippen LogP) is 3.72. The van der Waals surface area contributed by atoms with Crippen molar-refractivity contribution >= 4 is 5.69 Å². The summed E-state index contributed by atoms with van der Waals surface area (Å²) >= 11 is 0. The van der Waals surface area contributed by atoms with E-state index in [1.165, 1.54) is 11.3 Å². The molecule has 1 unspecified atom stereocenters. The van der Waals surface area contributed by atoms with E-state index in [1.54, 1.807) is 0 Å². The molecule has 1 aliphatic heterocycles. The SMILES string of the molecule is C=CC(=C)CCC1CNc2ccccc21. The molecule has 0 spiro atoms. The van der Waals surface area contributed by atoms with Gasteiger partial charge in [0.25, 0.3) is 0 Å². The Morgan fingerprint density at radius 3 is 3.07 bits per heavy atom. The number of fused-ring (bicyclic) bond motifs is 1. The summed E-state index contributed by atoms with van der Waals surface area (Å²) < 4.78 is 0. The lowest BCUT2D eigenvalue weighted by Gasteiger charge is -2.09. The van der Waals surface area contributed by atoms with E-state index in [2.05, 4.69) is 42.7 Å². The number of benzene rings is 1. The summed E-state index contributed by atoms with van der Waals surface area (Å²) in [6.07, 6.45) is 4.06. The van der Waals surface area contributed by atoms with Crippen LogP contribution in [0.1, 0.15) is 24.3 Å². The number of hydrogen-bond acceptors (Lipinski definition) is 1. The first-order valence-electron chi connectivity index (χ1n) is 5.44. The average Bonchev–Trinajstić information content (AvgIpc) is 2.69. The van der Waals surface area contributed by atoms with Gasteiger partial charge in [-0.25, -0.2) is 0 Å². The first-order valence-corrected chi connectivity index (χ1v) is 5.44. The molecule has 1 aromatic carbocycles. The number of rotatable bonds is 4. The minimum Gasteiger partial charge on any atom is -0.384 e. The Labute approximate surface area is 91.5 Å². The highest BCUT2D eigenvalue weighted by molar-refractivity contribution is 5.57. The van der Waals surface area contributed by atoms with Crippen LogP contribution in [0.15, 0.2) is 49.1 Å². The maximum atomic E-state index is 3.95. The highest BCUT2D eigenvalue weighted by Crippen LogP contribution is 2.34. The lowest BCUT2D eigenvalue weighted by molar-refractivity contribution is 0.678. The summed E-state index contributed by atoms with van der Waals surface area (Å²) in [6, 6.07) is 8.56. The van der Waals surface area contributed by atoms with Crippen LogP contribution in [0.2, 0.25) is 0 Å². The van der Waals surface area contributed by atoms with E-state index in [1.807, 2.05) is 6.08 Å². The van der Waals surface area contributed by atoms with Crippen LogP contribution in [-0.4, -0.2) is 6.54 Å². The molecule has 1 heteroatoms. The Kier molecular flexibility index (Phi) is 2.91. The van der Waals surface area contributed by atoms with Gasteiger partial charge in [-0.05, 0) is 24.5 Å². The van der Waals surface area contributed by atoms with Crippen molar-refractivity contribution < 1.29 is 0 Å². The van der Waals surface area contributed by atoms with Crippen molar-refractivity contribution in [3.63, 3.8) is 0 Å². The third-order valence-electron chi connectivity index (χ3n) is 3.04. The molecule has 78 valence electrons. The number of anilines is 1. The summed E-state index contributed by atoms with van der Waals surface area (Å²) in [5.74, 6) is 0.637. The molecular weight excluding hydrogens is 182 g/mol. The average molecular weight is 199 g/mol. The molecule has 1 aliphatic rings. The Balaban J connectivity index is 2.02. The third-order valence-corrected chi connectivity index (χ3v) is 3.04. The van der Waals surface area contributed by atoms with Crippen LogP contribution in [0.4, 0.5) is 5.69 Å². The molecule has 2 rings (SSSR count). The van der Waals surface area contributed by atoms with E-state index in [0.29, 0.717) is 5.92 Å². The van der Waals surface area contributed by atoms with Gasteiger partial charge < -0.3 is 5.32 Å². The molecule has 1 atom stereocenters. The van der Waals surface area contributed by atoms with Crippen molar-refractivity contribution in [3.05, 3.63) is 54.6 Å². The normalized spacial score (nSPS) is 18.0. The molecule has 1 heterocycles. The molecule has 0 aliphatic carbocycles. The topological polar surface area (TPSA) is 12.0 Å². The molecule has 0 bridgehead atoms. The molecule has 0 aromatic heterocycles. The van der Waals surface area contributed by atoms with Gasteiger partial charge >= 0.3 is 0 Å². The van der Waals surface area contributed by atoms with Gasteiger partial charge in [0.1, 0.15) is 0 Å². The smallest absolute Gasteiger partial charge is 0.0376 e. The number of hydrogen-bond donors (Lipinski definition) is 1. The Morgan fingerprint density at radius 2 is 2.27 bits per heavy atom. The van der Waals surface area contributed by atoms with Gasteiger partial charge in [0, 0.05) is 18.2 Å². The van der Waals surface area contributed by atoms with Crippen LogP contribution in [0.5, 0.6) is 0 Å². The van der Waals surface area contributed by atoms with Crippen molar-refractivity contribution in [2.45, 2.75) is 18.8 Å². The minimum atomic E-state index is 0.637. The molecule has 0 fully saturated rings. The Hall–Kier alpha value is -1.50. The van der Waals surface area contributed by atoms with Gasteiger partial charge in [0.2, 0.25) is 0 Å². The lowest BCUT2D eigenvalue weighted by Crippen LogP contribution is -2.01. The second-order valence-corrected chi connectivity index (χ2v) is 4.07. The lowest BCUT2D eigenvalue weighted by atomic mass is 9.94. The fraction of sp³-hybridized carbons (Fsp3) is 0.286. The summed E-state index contributed by atoms with van der Waals surface area (Å²) in [6.45, 7) is 8.75. The van der Waals surface area contributed by atoms with E-state index in [0.717, 1.165) is 25.0 Å². The molecule has 1 aromatic rings. The maximum absolute atomic E-state index is 3.95. The van der Waals surface area contributed by atoms with Gasteiger partial charge in [-0.1, -0.05) is 43.0 Å². The number of para-hydroxylation sites is 1. The van der Waals surface area contributed by atoms with E-state index < -0.39 is 0 Å². The molecular formula is C14H17N. The first-order chi connectivity index (χ1) is 7.31. The Bertz CT molecular complexity index is 379. The van der Waals surface area contributed by atoms with E-state index in [-0.39, 0.29) is 0 Å². The largest absolute Gasteiger partial charge is 0.384 e. The zero-order valence-corrected chi connectivity index (χ0v) is 9.00. The minimum absolute atomic E-state index is 0.637. The van der Waals surface area contributed by atoms with Crippen LogP contribution < -0.4 is 5.32 Å². The van der Waals surface area contributed by atoms with Crippen LogP contribution in [0.25, 0.3) is 0 Å². The van der Waals surface area contributed by atoms with E-state index in [9.17, 15) is 0 Å². The van der Waals surface area contributed by atoms with E-state index >= 15 is 0 Å². The maximum Gasteiger partial charge on any atom is 0.0376 e. The summed E-state index contributed by atoms with van der Waals surface area (Å²) in [5.41, 5.74) is 3.89. The number of nitrogens with one attached hydrogen (secondary N) is 1. The van der Waals surface area contributed by atoms with Gasteiger partial charge in [-0.2, -0.15) is 0 Å². The van der Waals surface area contributed by atoms with Gasteiger partial charge in [0.15, 0.2) is 0 Å². The zero-order chi connectivity index (χ0) is 10.7. The van der Waals surface area contributed by atoms with Gasteiger partial charge in [0.05, 0.1) is 0 Å². The highest BCUT2D eigenvalue weighted by atomic mass is 14.9. The molecule has 1 N–H and O–H groups in total. The van der Waals surface area contributed by atoms with Crippen molar-refractivity contribution in [1.82, 2.24) is 0 Å². The molecule has 0 radical (unpaired) electrons. The van der Waals surface area contributed by atoms with Gasteiger partial charge in [-0.15, -0.1) is 0 Å². The summed E-state index contributed by atoms with van der Waals surface area (Å²) in [7, 11) is 0. The van der Waals surface area contributed by atoms with Crippen molar-refractivity contribution in [3.8, 4) is 0 Å². The van der Waals surface area contributed by atoms with Crippen LogP contribution in [0, 0.1) is 0 Å². The molecule has 15 heavy (non-hydrogen) atoms. The third kappa shape index (κ3) is 2.12. The highest BCUT2D eigenvalue weighted by Gasteiger charge is 2.20. The van der Waals surface area contributed by atoms with Crippen molar-refractivity contribution in [2.24, 2.45) is 0 Å². The summed E-state index contributed by atoms with van der Waals surface area (Å²) in [4.78, 5) is 0. The molecule has 0 amide bonds. The summed E-state index contributed by atoms with van der Waals surface area (Å²) in [5, 5.41) is 3.44. The first kappa shape index (κ1) is 10.0. The van der Waals surface area contributed by atoms with Crippen LogP contribution in [-0.2, 0) is 0 Å². The molecule has 1 nitrogen and oxygen atoms in total. The standard InChI is InChI=1S/C14H17N/c1-3-11(2)8-9-12-10-15-14-7-5-4-6-13(12)14/h3-7,12,15H,1-2,8-10H2. The van der Waals surface area contributed by atoms with E-state index in [4.69, 9.17) is 0 Å². The fourth-order valence-electron chi connectivity index (χ4n) is 2.08.